The van der Waals surface area contributed by atoms with Gasteiger partial charge in [-0.15, -0.1) is 0 Å². The molecule has 1 atom stereocenters. The van der Waals surface area contributed by atoms with Crippen LogP contribution in [-0.2, 0) is 0 Å². The molecule has 16 heavy (non-hydrogen) atoms. The SMILES string of the molecule is BC1CC(=C)C(=C(C)C)N(C(C)C)C1(C)C. The topological polar surface area (TPSA) is 3.24 Å². The quantitative estimate of drug-likeness (QED) is 0.612. The Morgan fingerprint density at radius 2 is 1.94 bits per heavy atom. The fourth-order valence-corrected chi connectivity index (χ4v) is 2.93. The van der Waals surface area contributed by atoms with Gasteiger partial charge in [0.25, 0.3) is 0 Å². The van der Waals surface area contributed by atoms with Crippen molar-refractivity contribution in [2.45, 2.75) is 65.4 Å². The van der Waals surface area contributed by atoms with E-state index < -0.39 is 0 Å². The van der Waals surface area contributed by atoms with Crippen molar-refractivity contribution in [3.05, 3.63) is 23.4 Å². The Morgan fingerprint density at radius 1 is 1.44 bits per heavy atom. The third-order valence-electron chi connectivity index (χ3n) is 3.95. The van der Waals surface area contributed by atoms with Crippen molar-refractivity contribution >= 4 is 7.85 Å². The van der Waals surface area contributed by atoms with Crippen molar-refractivity contribution in [2.75, 3.05) is 0 Å². The molecule has 0 saturated carbocycles. The van der Waals surface area contributed by atoms with E-state index in [1.807, 2.05) is 0 Å². The first kappa shape index (κ1) is 13.4. The number of hydrogen-bond donors (Lipinski definition) is 0. The van der Waals surface area contributed by atoms with Gasteiger partial charge in [0.05, 0.1) is 0 Å². The lowest BCUT2D eigenvalue weighted by Crippen LogP contribution is -2.53. The van der Waals surface area contributed by atoms with Crippen LogP contribution in [0.4, 0.5) is 0 Å². The average Bonchev–Trinajstić information content (AvgIpc) is 2.09. The number of likely N-dealkylation sites (tertiary alicyclic amines) is 1. The van der Waals surface area contributed by atoms with E-state index in [4.69, 9.17) is 0 Å². The van der Waals surface area contributed by atoms with Crippen LogP contribution in [0.1, 0.15) is 48.0 Å². The predicted octanol–water partition coefficient (Wildman–Crippen LogP) is 3.15. The van der Waals surface area contributed by atoms with Gasteiger partial charge in [0.15, 0.2) is 0 Å². The van der Waals surface area contributed by atoms with Crippen molar-refractivity contribution < 1.29 is 0 Å². The summed E-state index contributed by atoms with van der Waals surface area (Å²) >= 11 is 0. The number of rotatable bonds is 1. The first-order chi connectivity index (χ1) is 7.19. The first-order valence-electron chi connectivity index (χ1n) is 6.34. The highest BCUT2D eigenvalue weighted by Crippen LogP contribution is 2.44. The molecule has 0 aromatic rings. The summed E-state index contributed by atoms with van der Waals surface area (Å²) in [6.07, 6.45) is 1.12. The highest BCUT2D eigenvalue weighted by molar-refractivity contribution is 6.13. The van der Waals surface area contributed by atoms with Crippen molar-refractivity contribution in [3.63, 3.8) is 0 Å². The van der Waals surface area contributed by atoms with Gasteiger partial charge in [0, 0.05) is 17.3 Å². The summed E-state index contributed by atoms with van der Waals surface area (Å²) in [5.41, 5.74) is 4.31. The van der Waals surface area contributed by atoms with Crippen LogP contribution in [0.3, 0.4) is 0 Å². The van der Waals surface area contributed by atoms with Gasteiger partial charge in [-0.2, -0.15) is 0 Å². The van der Waals surface area contributed by atoms with Gasteiger partial charge in [-0.25, -0.2) is 0 Å². The number of allylic oxidation sites excluding steroid dienone is 2. The second-order valence-electron chi connectivity index (χ2n) is 6.17. The third-order valence-corrected chi connectivity index (χ3v) is 3.95. The molecule has 1 heterocycles. The molecule has 0 amide bonds. The monoisotopic (exact) mass is 219 g/mol. The van der Waals surface area contributed by atoms with Crippen LogP contribution in [0.15, 0.2) is 23.4 Å². The molecule has 1 rings (SSSR count). The molecular formula is C14H26BN. The van der Waals surface area contributed by atoms with E-state index in [9.17, 15) is 0 Å². The summed E-state index contributed by atoms with van der Waals surface area (Å²) in [5, 5.41) is 0. The van der Waals surface area contributed by atoms with Crippen LogP contribution in [0.2, 0.25) is 5.82 Å². The van der Waals surface area contributed by atoms with E-state index in [0.29, 0.717) is 11.9 Å². The summed E-state index contributed by atoms with van der Waals surface area (Å²) in [4.78, 5) is 2.55. The molecular weight excluding hydrogens is 193 g/mol. The van der Waals surface area contributed by atoms with Gasteiger partial charge in [0.2, 0.25) is 0 Å². The van der Waals surface area contributed by atoms with Crippen molar-refractivity contribution in [3.8, 4) is 0 Å². The van der Waals surface area contributed by atoms with Gasteiger partial charge in [-0.1, -0.05) is 12.2 Å². The van der Waals surface area contributed by atoms with Gasteiger partial charge in [0.1, 0.15) is 7.85 Å². The minimum absolute atomic E-state index is 0.224. The van der Waals surface area contributed by atoms with Gasteiger partial charge >= 0.3 is 0 Å². The number of hydrogen-bond acceptors (Lipinski definition) is 1. The van der Waals surface area contributed by atoms with E-state index in [0.717, 1.165) is 6.42 Å². The fraction of sp³-hybridized carbons (Fsp3) is 0.714. The Bertz CT molecular complexity index is 322. The van der Waals surface area contributed by atoms with Crippen LogP contribution < -0.4 is 0 Å². The van der Waals surface area contributed by atoms with E-state index in [1.165, 1.54) is 16.8 Å². The third kappa shape index (κ3) is 2.07. The molecule has 90 valence electrons. The standard InChI is InChI=1S/C14H26BN/c1-9(2)13-11(5)8-12(15)14(6,7)16(13)10(3)4/h10,12H,5,8,15H2,1-4,6-7H3. The van der Waals surface area contributed by atoms with E-state index in [-0.39, 0.29) is 5.54 Å². The molecule has 0 N–H and O–H groups in total. The molecule has 0 spiro atoms. The van der Waals surface area contributed by atoms with Gasteiger partial charge in [-0.3, -0.25) is 0 Å². The number of nitrogens with zero attached hydrogens (tertiary/aromatic N) is 1. The maximum Gasteiger partial charge on any atom is 0.108 e. The van der Waals surface area contributed by atoms with Crippen LogP contribution in [0, 0.1) is 0 Å². The maximum absolute atomic E-state index is 4.27. The lowest BCUT2D eigenvalue weighted by molar-refractivity contribution is 0.105. The molecule has 0 aliphatic carbocycles. The van der Waals surface area contributed by atoms with Gasteiger partial charge in [-0.05, 0) is 59.4 Å². The minimum atomic E-state index is 0.224. The molecule has 1 nitrogen and oxygen atoms in total. The smallest absolute Gasteiger partial charge is 0.108 e. The van der Waals surface area contributed by atoms with Crippen LogP contribution in [-0.4, -0.2) is 24.3 Å². The first-order valence-corrected chi connectivity index (χ1v) is 6.34. The molecule has 1 fully saturated rings. The van der Waals surface area contributed by atoms with Crippen LogP contribution in [0.25, 0.3) is 0 Å². The Balaban J connectivity index is 3.29. The summed E-state index contributed by atoms with van der Waals surface area (Å²) in [5.74, 6) is 0.658. The Hall–Kier alpha value is -0.655. The Kier molecular flexibility index (Phi) is 3.61. The van der Waals surface area contributed by atoms with E-state index in [1.54, 1.807) is 0 Å². The molecule has 1 unspecified atom stereocenters. The van der Waals surface area contributed by atoms with Crippen molar-refractivity contribution in [2.24, 2.45) is 0 Å². The summed E-state index contributed by atoms with van der Waals surface area (Å²) in [7, 11) is 2.34. The molecule has 1 aliphatic rings. The number of piperidine rings is 1. The second-order valence-corrected chi connectivity index (χ2v) is 6.17. The molecule has 2 heteroatoms. The Labute approximate surface area is 102 Å². The highest BCUT2D eigenvalue weighted by Gasteiger charge is 2.40. The van der Waals surface area contributed by atoms with Crippen molar-refractivity contribution in [1.29, 1.82) is 0 Å². The minimum Gasteiger partial charge on any atom is -0.364 e. The van der Waals surface area contributed by atoms with Crippen LogP contribution >= 0.6 is 0 Å². The molecule has 0 aromatic carbocycles. The maximum atomic E-state index is 4.27. The predicted molar refractivity (Wildman–Crippen MR) is 75.5 cm³/mol. The summed E-state index contributed by atoms with van der Waals surface area (Å²) in [6.45, 7) is 17.9. The van der Waals surface area contributed by atoms with Gasteiger partial charge < -0.3 is 4.90 Å². The van der Waals surface area contributed by atoms with E-state index in [2.05, 4.69) is 60.9 Å². The fourth-order valence-electron chi connectivity index (χ4n) is 2.93. The molecule has 1 saturated heterocycles. The lowest BCUT2D eigenvalue weighted by Gasteiger charge is -2.53. The zero-order chi connectivity index (χ0) is 12.7. The second kappa shape index (κ2) is 4.31. The molecule has 0 aromatic heterocycles. The molecule has 1 aliphatic heterocycles. The lowest BCUT2D eigenvalue weighted by atomic mass is 9.65. The summed E-state index contributed by atoms with van der Waals surface area (Å²) in [6, 6.07) is 0.527. The highest BCUT2D eigenvalue weighted by atomic mass is 15.2. The molecule has 0 radical (unpaired) electrons. The van der Waals surface area contributed by atoms with E-state index >= 15 is 0 Å². The normalized spacial score (nSPS) is 25.2. The largest absolute Gasteiger partial charge is 0.364 e. The Morgan fingerprint density at radius 3 is 2.31 bits per heavy atom. The molecule has 0 bridgehead atoms. The van der Waals surface area contributed by atoms with Crippen LogP contribution in [0.5, 0.6) is 0 Å². The zero-order valence-corrected chi connectivity index (χ0v) is 12.0. The average molecular weight is 219 g/mol. The summed E-state index contributed by atoms with van der Waals surface area (Å²) < 4.78 is 0. The van der Waals surface area contributed by atoms with Crippen molar-refractivity contribution in [1.82, 2.24) is 4.90 Å². The zero-order valence-electron chi connectivity index (χ0n) is 12.0.